The van der Waals surface area contributed by atoms with Crippen molar-refractivity contribution in [2.45, 2.75) is 12.6 Å². The first-order valence-corrected chi connectivity index (χ1v) is 5.45. The topological polar surface area (TPSA) is 104 Å². The summed E-state index contributed by atoms with van der Waals surface area (Å²) >= 11 is 1.24. The third-order valence-corrected chi connectivity index (χ3v) is 3.52. The molecule has 2 heterocycles. The van der Waals surface area contributed by atoms with Crippen molar-refractivity contribution < 1.29 is 19.8 Å². The molecule has 2 rings (SSSR count). The van der Waals surface area contributed by atoms with E-state index in [1.165, 1.54) is 21.6 Å². The fourth-order valence-electron chi connectivity index (χ4n) is 1.81. The summed E-state index contributed by atoms with van der Waals surface area (Å²) in [6, 6.07) is -0.558. The van der Waals surface area contributed by atoms with Crippen molar-refractivity contribution in [3.05, 3.63) is 21.4 Å². The van der Waals surface area contributed by atoms with E-state index in [0.29, 0.717) is 5.56 Å². The van der Waals surface area contributed by atoms with Gasteiger partial charge in [-0.2, -0.15) is 0 Å². The van der Waals surface area contributed by atoms with Crippen molar-refractivity contribution in [3.8, 4) is 0 Å². The third kappa shape index (κ3) is 1.63. The molecule has 0 radical (unpaired) electrons. The fourth-order valence-corrected chi connectivity index (χ4v) is 2.92. The van der Waals surface area contributed by atoms with Crippen molar-refractivity contribution in [1.82, 2.24) is 4.90 Å². The van der Waals surface area contributed by atoms with Gasteiger partial charge in [-0.05, 0) is 0 Å². The minimum Gasteiger partial charge on any atom is -0.478 e. The quantitative estimate of drug-likeness (QED) is 0.679. The molecular formula is C9H10N2O4S. The van der Waals surface area contributed by atoms with Gasteiger partial charge in [-0.1, -0.05) is 0 Å². The molecule has 1 atom stereocenters. The summed E-state index contributed by atoms with van der Waals surface area (Å²) in [7, 11) is 0. The van der Waals surface area contributed by atoms with E-state index in [1.807, 2.05) is 0 Å². The Bertz CT molecular complexity index is 456. The normalized spacial score (nSPS) is 19.3. The zero-order valence-corrected chi connectivity index (χ0v) is 9.03. The maximum absolute atomic E-state index is 10.9. The van der Waals surface area contributed by atoms with Crippen LogP contribution in [-0.2, 0) is 6.54 Å². The van der Waals surface area contributed by atoms with Gasteiger partial charge in [-0.25, -0.2) is 9.59 Å². The SMILES string of the molecule is NC1CN(C(=O)O)Cc2scc(C(=O)O)c21. The monoisotopic (exact) mass is 242 g/mol. The van der Waals surface area contributed by atoms with Crippen LogP contribution < -0.4 is 5.73 Å². The van der Waals surface area contributed by atoms with E-state index in [9.17, 15) is 9.59 Å². The molecular weight excluding hydrogens is 232 g/mol. The van der Waals surface area contributed by atoms with Gasteiger partial charge in [0.05, 0.1) is 12.1 Å². The Morgan fingerprint density at radius 2 is 2.19 bits per heavy atom. The lowest BCUT2D eigenvalue weighted by Crippen LogP contribution is -2.40. The molecule has 0 aromatic carbocycles. The smallest absolute Gasteiger partial charge is 0.407 e. The summed E-state index contributed by atoms with van der Waals surface area (Å²) in [5, 5.41) is 19.3. The molecule has 6 nitrogen and oxygen atoms in total. The van der Waals surface area contributed by atoms with Crippen LogP contribution in [0.25, 0.3) is 0 Å². The Morgan fingerprint density at radius 3 is 2.75 bits per heavy atom. The molecule has 1 unspecified atom stereocenters. The van der Waals surface area contributed by atoms with E-state index in [0.717, 1.165) is 4.88 Å². The van der Waals surface area contributed by atoms with E-state index in [4.69, 9.17) is 15.9 Å². The Morgan fingerprint density at radius 1 is 1.50 bits per heavy atom. The number of thiophene rings is 1. The van der Waals surface area contributed by atoms with E-state index >= 15 is 0 Å². The highest BCUT2D eigenvalue weighted by molar-refractivity contribution is 7.10. The maximum Gasteiger partial charge on any atom is 0.407 e. The number of carbonyl (C=O) groups is 2. The van der Waals surface area contributed by atoms with E-state index in [1.54, 1.807) is 0 Å². The van der Waals surface area contributed by atoms with Gasteiger partial charge >= 0.3 is 12.1 Å². The van der Waals surface area contributed by atoms with Crippen LogP contribution in [0, 0.1) is 0 Å². The van der Waals surface area contributed by atoms with Gasteiger partial charge in [0.25, 0.3) is 0 Å². The maximum atomic E-state index is 10.9. The van der Waals surface area contributed by atoms with Gasteiger partial charge in [0.2, 0.25) is 0 Å². The number of carboxylic acid groups (broad SMARTS) is 2. The molecule has 86 valence electrons. The summed E-state index contributed by atoms with van der Waals surface area (Å²) in [5.41, 5.74) is 6.57. The Labute approximate surface area is 94.9 Å². The van der Waals surface area contributed by atoms with Gasteiger partial charge in [-0.3, -0.25) is 0 Å². The average Bonchev–Trinajstić information content (AvgIpc) is 2.61. The summed E-state index contributed by atoms with van der Waals surface area (Å²) < 4.78 is 0. The molecule has 0 saturated carbocycles. The molecule has 1 aromatic heterocycles. The number of hydrogen-bond donors (Lipinski definition) is 3. The number of nitrogens with zero attached hydrogens (tertiary/aromatic N) is 1. The van der Waals surface area contributed by atoms with Gasteiger partial charge < -0.3 is 20.8 Å². The van der Waals surface area contributed by atoms with Crippen molar-refractivity contribution in [3.63, 3.8) is 0 Å². The second kappa shape index (κ2) is 3.76. The molecule has 7 heteroatoms. The number of rotatable bonds is 1. The molecule has 0 fully saturated rings. The zero-order chi connectivity index (χ0) is 11.9. The average molecular weight is 242 g/mol. The summed E-state index contributed by atoms with van der Waals surface area (Å²) in [4.78, 5) is 23.6. The number of nitrogens with two attached hydrogens (primary N) is 1. The second-order valence-electron chi connectivity index (χ2n) is 3.56. The first-order valence-electron chi connectivity index (χ1n) is 4.57. The molecule has 0 aliphatic carbocycles. The fraction of sp³-hybridized carbons (Fsp3) is 0.333. The molecule has 1 aliphatic rings. The highest BCUT2D eigenvalue weighted by Gasteiger charge is 2.31. The highest BCUT2D eigenvalue weighted by atomic mass is 32.1. The summed E-state index contributed by atoms with van der Waals surface area (Å²) in [6.07, 6.45) is -1.04. The molecule has 1 aliphatic heterocycles. The molecule has 0 bridgehead atoms. The zero-order valence-electron chi connectivity index (χ0n) is 8.21. The van der Waals surface area contributed by atoms with Crippen LogP contribution in [0.3, 0.4) is 0 Å². The van der Waals surface area contributed by atoms with E-state index in [-0.39, 0.29) is 18.7 Å². The Kier molecular flexibility index (Phi) is 2.56. The van der Waals surface area contributed by atoms with E-state index < -0.39 is 18.1 Å². The third-order valence-electron chi connectivity index (χ3n) is 2.53. The van der Waals surface area contributed by atoms with Crippen LogP contribution in [0.5, 0.6) is 0 Å². The van der Waals surface area contributed by atoms with Crippen molar-refractivity contribution in [1.29, 1.82) is 0 Å². The lowest BCUT2D eigenvalue weighted by molar-refractivity contribution is 0.0695. The second-order valence-corrected chi connectivity index (χ2v) is 4.53. The standard InChI is InChI=1S/C9H10N2O4S/c10-5-1-11(9(14)15)2-6-7(5)4(3-16-6)8(12)13/h3,5H,1-2,10H2,(H,12,13)(H,14,15). The minimum atomic E-state index is -1.04. The van der Waals surface area contributed by atoms with Crippen LogP contribution in [0.1, 0.15) is 26.8 Å². The van der Waals surface area contributed by atoms with Crippen molar-refractivity contribution in [2.75, 3.05) is 6.54 Å². The van der Waals surface area contributed by atoms with Crippen LogP contribution in [0.2, 0.25) is 0 Å². The summed E-state index contributed by atoms with van der Waals surface area (Å²) in [6.45, 7) is 0.357. The van der Waals surface area contributed by atoms with Crippen LogP contribution in [0.15, 0.2) is 5.38 Å². The van der Waals surface area contributed by atoms with Gasteiger partial charge in [-0.15, -0.1) is 11.3 Å². The predicted octanol–water partition coefficient (Wildman–Crippen LogP) is 0.940. The number of fused-ring (bicyclic) bond motifs is 1. The number of aromatic carboxylic acids is 1. The van der Waals surface area contributed by atoms with Gasteiger partial charge in [0.15, 0.2) is 0 Å². The molecule has 0 spiro atoms. The van der Waals surface area contributed by atoms with Crippen LogP contribution in [-0.4, -0.2) is 33.7 Å². The highest BCUT2D eigenvalue weighted by Crippen LogP contribution is 2.33. The molecule has 1 amide bonds. The summed E-state index contributed by atoms with van der Waals surface area (Å²) in [5.74, 6) is -1.02. The van der Waals surface area contributed by atoms with Gasteiger partial charge in [0, 0.05) is 28.4 Å². The van der Waals surface area contributed by atoms with Gasteiger partial charge in [0.1, 0.15) is 0 Å². The van der Waals surface area contributed by atoms with Crippen molar-refractivity contribution >= 4 is 23.4 Å². The van der Waals surface area contributed by atoms with Crippen molar-refractivity contribution in [2.24, 2.45) is 5.73 Å². The molecule has 4 N–H and O–H groups in total. The lowest BCUT2D eigenvalue weighted by Gasteiger charge is -2.29. The van der Waals surface area contributed by atoms with E-state index in [2.05, 4.69) is 0 Å². The molecule has 0 saturated heterocycles. The van der Waals surface area contributed by atoms with Crippen LogP contribution >= 0.6 is 11.3 Å². The first-order chi connectivity index (χ1) is 7.50. The Balaban J connectivity index is 2.39. The predicted molar refractivity (Wildman–Crippen MR) is 56.6 cm³/mol. The molecule has 16 heavy (non-hydrogen) atoms. The molecule has 1 aromatic rings. The van der Waals surface area contributed by atoms with Crippen LogP contribution in [0.4, 0.5) is 4.79 Å². The number of hydrogen-bond acceptors (Lipinski definition) is 4. The first kappa shape index (κ1) is 10.9. The number of amides is 1. The number of carboxylic acids is 1. The Hall–Kier alpha value is -1.60. The lowest BCUT2D eigenvalue weighted by atomic mass is 9.99. The minimum absolute atomic E-state index is 0.138. The largest absolute Gasteiger partial charge is 0.478 e.